The van der Waals surface area contributed by atoms with Crippen molar-refractivity contribution in [3.8, 4) is 0 Å². The molecule has 3 N–H and O–H groups in total. The second-order valence-electron chi connectivity index (χ2n) is 7.48. The first-order chi connectivity index (χ1) is 14.1. The molecule has 162 valence electrons. The number of rotatable bonds is 6. The van der Waals surface area contributed by atoms with Gasteiger partial charge in [0.05, 0.1) is 16.7 Å². The molecule has 0 aliphatic rings. The number of anilines is 2. The van der Waals surface area contributed by atoms with Gasteiger partial charge in [0.1, 0.15) is 0 Å². The summed E-state index contributed by atoms with van der Waals surface area (Å²) in [5, 5.41) is 5.82. The molecule has 0 saturated heterocycles. The lowest BCUT2D eigenvalue weighted by Crippen LogP contribution is -2.21. The maximum atomic E-state index is 11.7. The van der Waals surface area contributed by atoms with Gasteiger partial charge in [-0.05, 0) is 42.7 Å². The summed E-state index contributed by atoms with van der Waals surface area (Å²) in [6, 6.07) is 24.9. The third-order valence-electron chi connectivity index (χ3n) is 5.17. The molecule has 0 aliphatic carbocycles. The highest BCUT2D eigenvalue weighted by atomic mass is 35.5. The summed E-state index contributed by atoms with van der Waals surface area (Å²) in [7, 11) is 3.60. The molecular formula is C25H28ClN3O2. The van der Waals surface area contributed by atoms with Crippen LogP contribution < -0.4 is 5.32 Å². The zero-order valence-corrected chi connectivity index (χ0v) is 18.6. The van der Waals surface area contributed by atoms with E-state index in [0.717, 1.165) is 46.0 Å². The fraction of sp³-hybridized carbons (Fsp3) is 0.200. The number of nitrogens with one attached hydrogen (secondary N) is 1. The molecule has 31 heavy (non-hydrogen) atoms. The average Bonchev–Trinajstić information content (AvgIpc) is 2.74. The molecule has 1 heterocycles. The van der Waals surface area contributed by atoms with Crippen LogP contribution >= 0.6 is 12.4 Å². The van der Waals surface area contributed by atoms with Crippen molar-refractivity contribution in [2.24, 2.45) is 0 Å². The maximum Gasteiger partial charge on any atom is 0.222 e. The molecule has 6 heteroatoms. The first kappa shape index (κ1) is 24.1. The van der Waals surface area contributed by atoms with E-state index in [-0.39, 0.29) is 23.8 Å². The molecule has 4 aromatic rings. The molecule has 0 bridgehead atoms. The standard InChI is InChI=1S/C25H25N3O.ClH.H2O/c1-28(2)24(29)13-7-8-18-14-16-19(17-15-18)26-25-20-9-3-5-11-22(20)27-23-12-6-4-10-21(23)25;;/h3-6,9-12,14-17H,7-8,13H2,1-2H3,(H,26,27);1H;1H2. The Morgan fingerprint density at radius 1 is 0.871 bits per heavy atom. The number of halogens is 1. The van der Waals surface area contributed by atoms with Crippen molar-refractivity contribution in [3.63, 3.8) is 0 Å². The number of fused-ring (bicyclic) bond motifs is 2. The lowest BCUT2D eigenvalue weighted by Gasteiger charge is -2.14. The van der Waals surface area contributed by atoms with Crippen molar-refractivity contribution in [3.05, 3.63) is 78.4 Å². The summed E-state index contributed by atoms with van der Waals surface area (Å²) in [6.45, 7) is 0. The van der Waals surface area contributed by atoms with E-state index in [4.69, 9.17) is 4.98 Å². The van der Waals surface area contributed by atoms with E-state index in [1.807, 2.05) is 36.4 Å². The van der Waals surface area contributed by atoms with E-state index in [1.54, 1.807) is 19.0 Å². The Morgan fingerprint density at radius 2 is 1.42 bits per heavy atom. The smallest absolute Gasteiger partial charge is 0.222 e. The summed E-state index contributed by atoms with van der Waals surface area (Å²) in [5.74, 6) is 0.180. The van der Waals surface area contributed by atoms with Gasteiger partial charge < -0.3 is 15.7 Å². The molecule has 4 rings (SSSR count). The third kappa shape index (κ3) is 5.51. The van der Waals surface area contributed by atoms with E-state index in [2.05, 4.69) is 41.7 Å². The van der Waals surface area contributed by atoms with Crippen LogP contribution in [0.25, 0.3) is 21.8 Å². The number of aromatic nitrogens is 1. The van der Waals surface area contributed by atoms with E-state index in [9.17, 15) is 4.79 Å². The Balaban J connectivity index is 0.00000171. The first-order valence-corrected chi connectivity index (χ1v) is 9.95. The molecule has 1 amide bonds. The Labute approximate surface area is 188 Å². The molecule has 0 aliphatic heterocycles. The number of amides is 1. The van der Waals surface area contributed by atoms with Gasteiger partial charge in [-0.1, -0.05) is 48.5 Å². The van der Waals surface area contributed by atoms with Crippen molar-refractivity contribution in [2.45, 2.75) is 19.3 Å². The molecule has 3 aromatic carbocycles. The Hall–Kier alpha value is -3.15. The van der Waals surface area contributed by atoms with Crippen LogP contribution in [0.4, 0.5) is 11.4 Å². The highest BCUT2D eigenvalue weighted by Gasteiger charge is 2.09. The summed E-state index contributed by atoms with van der Waals surface area (Å²) in [6.07, 6.45) is 2.35. The first-order valence-electron chi connectivity index (χ1n) is 9.95. The maximum absolute atomic E-state index is 11.7. The van der Waals surface area contributed by atoms with Gasteiger partial charge in [0, 0.05) is 37.0 Å². The summed E-state index contributed by atoms with van der Waals surface area (Å²) in [5.41, 5.74) is 5.33. The molecule has 0 radical (unpaired) electrons. The van der Waals surface area contributed by atoms with Crippen molar-refractivity contribution >= 4 is 51.5 Å². The second kappa shape index (κ2) is 10.8. The Morgan fingerprint density at radius 3 is 1.97 bits per heavy atom. The molecule has 0 saturated carbocycles. The van der Waals surface area contributed by atoms with Crippen LogP contribution in [0.1, 0.15) is 18.4 Å². The van der Waals surface area contributed by atoms with Crippen molar-refractivity contribution in [2.75, 3.05) is 19.4 Å². The van der Waals surface area contributed by atoms with Crippen molar-refractivity contribution < 1.29 is 10.3 Å². The van der Waals surface area contributed by atoms with Crippen LogP contribution in [0.3, 0.4) is 0 Å². The zero-order valence-electron chi connectivity index (χ0n) is 17.8. The predicted octanol–water partition coefficient (Wildman–Crippen LogP) is 5.14. The molecular weight excluding hydrogens is 410 g/mol. The van der Waals surface area contributed by atoms with Crippen LogP contribution in [-0.4, -0.2) is 35.4 Å². The number of para-hydroxylation sites is 2. The normalized spacial score (nSPS) is 10.3. The van der Waals surface area contributed by atoms with Gasteiger partial charge in [-0.25, -0.2) is 4.98 Å². The molecule has 0 spiro atoms. The lowest BCUT2D eigenvalue weighted by molar-refractivity contribution is -0.128. The molecule has 5 nitrogen and oxygen atoms in total. The number of nitrogens with zero attached hydrogens (tertiary/aromatic N) is 2. The van der Waals surface area contributed by atoms with Crippen LogP contribution in [0, 0.1) is 0 Å². The summed E-state index contributed by atoms with van der Waals surface area (Å²) in [4.78, 5) is 18.1. The van der Waals surface area contributed by atoms with Crippen LogP contribution in [0.15, 0.2) is 72.8 Å². The van der Waals surface area contributed by atoms with Gasteiger partial charge in [0.15, 0.2) is 0 Å². The van der Waals surface area contributed by atoms with E-state index >= 15 is 0 Å². The monoisotopic (exact) mass is 437 g/mol. The SMILES string of the molecule is CN(C)C(=O)CCCc1ccc(Nc2c3ccccc3nc3ccccc23)cc1.Cl.O. The quantitative estimate of drug-likeness (QED) is 0.424. The molecule has 0 fully saturated rings. The van der Waals surface area contributed by atoms with Crippen LogP contribution in [0.5, 0.6) is 0 Å². The minimum absolute atomic E-state index is 0. The van der Waals surface area contributed by atoms with Gasteiger partial charge in [-0.2, -0.15) is 0 Å². The second-order valence-corrected chi connectivity index (χ2v) is 7.48. The number of pyridine rings is 1. The highest BCUT2D eigenvalue weighted by Crippen LogP contribution is 2.33. The fourth-order valence-electron chi connectivity index (χ4n) is 3.54. The number of hydrogen-bond acceptors (Lipinski definition) is 3. The summed E-state index contributed by atoms with van der Waals surface area (Å²) >= 11 is 0. The highest BCUT2D eigenvalue weighted by molar-refractivity contribution is 6.08. The van der Waals surface area contributed by atoms with Gasteiger partial charge >= 0.3 is 0 Å². The summed E-state index contributed by atoms with van der Waals surface area (Å²) < 4.78 is 0. The predicted molar refractivity (Wildman–Crippen MR) is 131 cm³/mol. The van der Waals surface area contributed by atoms with E-state index in [0.29, 0.717) is 6.42 Å². The fourth-order valence-corrected chi connectivity index (χ4v) is 3.54. The van der Waals surface area contributed by atoms with E-state index in [1.165, 1.54) is 5.56 Å². The number of carbonyl (C=O) groups is 1. The number of aryl methyl sites for hydroxylation is 1. The van der Waals surface area contributed by atoms with Gasteiger partial charge in [-0.3, -0.25) is 4.79 Å². The molecule has 0 unspecified atom stereocenters. The minimum atomic E-state index is 0. The average molecular weight is 438 g/mol. The minimum Gasteiger partial charge on any atom is -0.412 e. The number of carbonyl (C=O) groups excluding carboxylic acids is 1. The lowest BCUT2D eigenvalue weighted by atomic mass is 10.1. The van der Waals surface area contributed by atoms with Crippen molar-refractivity contribution in [1.29, 1.82) is 0 Å². The Bertz CT molecular complexity index is 1110. The molecule has 1 aromatic heterocycles. The zero-order chi connectivity index (χ0) is 20.2. The molecule has 0 atom stereocenters. The van der Waals surface area contributed by atoms with Gasteiger partial charge in [0.2, 0.25) is 5.91 Å². The third-order valence-corrected chi connectivity index (χ3v) is 5.17. The number of benzene rings is 3. The topological polar surface area (TPSA) is 76.7 Å². The van der Waals surface area contributed by atoms with Crippen molar-refractivity contribution in [1.82, 2.24) is 9.88 Å². The van der Waals surface area contributed by atoms with E-state index < -0.39 is 0 Å². The van der Waals surface area contributed by atoms with Crippen LogP contribution in [0.2, 0.25) is 0 Å². The Kier molecular flexibility index (Phi) is 8.37. The van der Waals surface area contributed by atoms with Gasteiger partial charge in [-0.15, -0.1) is 12.4 Å². The van der Waals surface area contributed by atoms with Crippen LogP contribution in [-0.2, 0) is 11.2 Å². The number of hydrogen-bond donors (Lipinski definition) is 1. The largest absolute Gasteiger partial charge is 0.412 e. The van der Waals surface area contributed by atoms with Gasteiger partial charge in [0.25, 0.3) is 0 Å².